The van der Waals surface area contributed by atoms with Crippen molar-refractivity contribution in [3.63, 3.8) is 0 Å². The molecule has 0 aromatic heterocycles. The predicted molar refractivity (Wildman–Crippen MR) is 46.5 cm³/mol. The first-order chi connectivity index (χ1) is 4.91. The highest BCUT2D eigenvalue weighted by atomic mass is 32.2. The predicted octanol–water partition coefficient (Wildman–Crippen LogP) is 1.64. The van der Waals surface area contributed by atoms with Gasteiger partial charge in [-0.05, 0) is 38.0 Å². The van der Waals surface area contributed by atoms with Gasteiger partial charge in [-0.2, -0.15) is 11.8 Å². The monoisotopic (exact) mass is 157 g/mol. The van der Waals surface area contributed by atoms with Gasteiger partial charge in [-0.25, -0.2) is 0 Å². The van der Waals surface area contributed by atoms with Gasteiger partial charge in [0.05, 0.1) is 0 Å². The first-order valence-electron chi connectivity index (χ1n) is 4.26. The summed E-state index contributed by atoms with van der Waals surface area (Å²) in [6.45, 7) is 2.53. The smallest absolute Gasteiger partial charge is 0.0285 e. The molecule has 2 heteroatoms. The standard InChI is InChI=1S/C8H15NS/c1-2-6-10-8(3-4-8)7-9-5-1/h9H,1-7H2. The fraction of sp³-hybridized carbons (Fsp3) is 1.00. The van der Waals surface area contributed by atoms with Crippen molar-refractivity contribution in [2.45, 2.75) is 30.4 Å². The lowest BCUT2D eigenvalue weighted by molar-refractivity contribution is 0.614. The van der Waals surface area contributed by atoms with Gasteiger partial charge >= 0.3 is 0 Å². The van der Waals surface area contributed by atoms with Gasteiger partial charge in [-0.3, -0.25) is 0 Å². The SMILES string of the molecule is C1CCSC2(CC2)CNC1. The van der Waals surface area contributed by atoms with E-state index in [2.05, 4.69) is 17.1 Å². The van der Waals surface area contributed by atoms with E-state index >= 15 is 0 Å². The first-order valence-corrected chi connectivity index (χ1v) is 5.25. The van der Waals surface area contributed by atoms with Gasteiger partial charge in [0.15, 0.2) is 0 Å². The lowest BCUT2D eigenvalue weighted by Gasteiger charge is -2.18. The Balaban J connectivity index is 1.84. The van der Waals surface area contributed by atoms with E-state index in [9.17, 15) is 0 Å². The van der Waals surface area contributed by atoms with E-state index in [-0.39, 0.29) is 0 Å². The molecule has 0 bridgehead atoms. The number of hydrogen-bond acceptors (Lipinski definition) is 2. The van der Waals surface area contributed by atoms with E-state index in [1.54, 1.807) is 0 Å². The highest BCUT2D eigenvalue weighted by Gasteiger charge is 2.42. The normalized spacial score (nSPS) is 31.2. The van der Waals surface area contributed by atoms with Gasteiger partial charge < -0.3 is 5.32 Å². The molecule has 58 valence electrons. The van der Waals surface area contributed by atoms with Crippen LogP contribution in [0.3, 0.4) is 0 Å². The van der Waals surface area contributed by atoms with E-state index < -0.39 is 0 Å². The van der Waals surface area contributed by atoms with Crippen LogP contribution in [0, 0.1) is 0 Å². The van der Waals surface area contributed by atoms with Gasteiger partial charge in [0.1, 0.15) is 0 Å². The van der Waals surface area contributed by atoms with Crippen molar-refractivity contribution in [3.8, 4) is 0 Å². The lowest BCUT2D eigenvalue weighted by atomic mass is 10.3. The van der Waals surface area contributed by atoms with Gasteiger partial charge in [0.25, 0.3) is 0 Å². The van der Waals surface area contributed by atoms with Crippen LogP contribution in [0.4, 0.5) is 0 Å². The largest absolute Gasteiger partial charge is 0.315 e. The van der Waals surface area contributed by atoms with E-state index in [0.717, 1.165) is 0 Å². The Hall–Kier alpha value is 0.310. The molecule has 2 rings (SSSR count). The summed E-state index contributed by atoms with van der Waals surface area (Å²) < 4.78 is 0.709. The van der Waals surface area contributed by atoms with Crippen molar-refractivity contribution in [2.24, 2.45) is 0 Å². The zero-order valence-corrected chi connectivity index (χ0v) is 7.17. The number of hydrogen-bond donors (Lipinski definition) is 1. The van der Waals surface area contributed by atoms with Crippen molar-refractivity contribution < 1.29 is 0 Å². The summed E-state index contributed by atoms with van der Waals surface area (Å²) in [7, 11) is 0. The molecule has 0 amide bonds. The van der Waals surface area contributed by atoms with Crippen LogP contribution in [-0.2, 0) is 0 Å². The molecule has 0 radical (unpaired) electrons. The van der Waals surface area contributed by atoms with Crippen LogP contribution in [0.15, 0.2) is 0 Å². The van der Waals surface area contributed by atoms with Gasteiger partial charge in [-0.15, -0.1) is 0 Å². The molecule has 10 heavy (non-hydrogen) atoms. The topological polar surface area (TPSA) is 12.0 Å². The molecule has 1 saturated carbocycles. The second-order valence-electron chi connectivity index (χ2n) is 3.42. The minimum atomic E-state index is 0.709. The Morgan fingerprint density at radius 2 is 2.10 bits per heavy atom. The molecule has 0 unspecified atom stereocenters. The maximum absolute atomic E-state index is 3.52. The zero-order chi connectivity index (χ0) is 6.86. The number of thioether (sulfide) groups is 1. The molecular formula is C8H15NS. The molecule has 1 saturated heterocycles. The van der Waals surface area contributed by atoms with Crippen LogP contribution in [0.2, 0.25) is 0 Å². The minimum Gasteiger partial charge on any atom is -0.315 e. The molecule has 0 aromatic rings. The average Bonchev–Trinajstić information content (AvgIpc) is 2.61. The maximum atomic E-state index is 3.52. The van der Waals surface area contributed by atoms with E-state index in [0.29, 0.717) is 4.75 Å². The Morgan fingerprint density at radius 1 is 1.20 bits per heavy atom. The Labute approximate surface area is 67.0 Å². The average molecular weight is 157 g/mol. The summed E-state index contributed by atoms with van der Waals surface area (Å²) in [6, 6.07) is 0. The maximum Gasteiger partial charge on any atom is 0.0285 e. The van der Waals surface area contributed by atoms with Crippen LogP contribution in [0.1, 0.15) is 25.7 Å². The third-order valence-corrected chi connectivity index (χ3v) is 4.07. The highest BCUT2D eigenvalue weighted by molar-refractivity contribution is 8.00. The third kappa shape index (κ3) is 1.48. The van der Waals surface area contributed by atoms with Gasteiger partial charge in [-0.1, -0.05) is 0 Å². The Kier molecular flexibility index (Phi) is 1.92. The molecule has 1 aliphatic heterocycles. The second kappa shape index (κ2) is 2.74. The molecule has 1 N–H and O–H groups in total. The quantitative estimate of drug-likeness (QED) is 0.573. The van der Waals surface area contributed by atoms with Crippen molar-refractivity contribution in [1.29, 1.82) is 0 Å². The molecule has 1 spiro atoms. The molecule has 1 aliphatic carbocycles. The minimum absolute atomic E-state index is 0.709. The zero-order valence-electron chi connectivity index (χ0n) is 6.36. The van der Waals surface area contributed by atoms with Crippen LogP contribution in [-0.4, -0.2) is 23.6 Å². The Bertz CT molecular complexity index is 110. The van der Waals surface area contributed by atoms with Crippen molar-refractivity contribution in [3.05, 3.63) is 0 Å². The first kappa shape index (κ1) is 6.99. The van der Waals surface area contributed by atoms with Crippen LogP contribution in [0.5, 0.6) is 0 Å². The summed E-state index contributed by atoms with van der Waals surface area (Å²) in [5.41, 5.74) is 0. The van der Waals surface area contributed by atoms with Crippen molar-refractivity contribution in [2.75, 3.05) is 18.8 Å². The van der Waals surface area contributed by atoms with Crippen LogP contribution < -0.4 is 5.32 Å². The van der Waals surface area contributed by atoms with Crippen LogP contribution in [0.25, 0.3) is 0 Å². The number of nitrogens with one attached hydrogen (secondary N) is 1. The molecule has 2 aliphatic rings. The van der Waals surface area contributed by atoms with Gasteiger partial charge in [0.2, 0.25) is 0 Å². The number of rotatable bonds is 0. The molecule has 1 heterocycles. The fourth-order valence-electron chi connectivity index (χ4n) is 1.47. The van der Waals surface area contributed by atoms with Crippen molar-refractivity contribution >= 4 is 11.8 Å². The van der Waals surface area contributed by atoms with E-state index in [4.69, 9.17) is 0 Å². The fourth-order valence-corrected chi connectivity index (χ4v) is 2.84. The van der Waals surface area contributed by atoms with Gasteiger partial charge in [0, 0.05) is 11.3 Å². The van der Waals surface area contributed by atoms with Crippen LogP contribution >= 0.6 is 11.8 Å². The molecule has 2 fully saturated rings. The second-order valence-corrected chi connectivity index (χ2v) is 4.98. The summed E-state index contributed by atoms with van der Waals surface area (Å²) in [5.74, 6) is 1.40. The summed E-state index contributed by atoms with van der Waals surface area (Å²) in [6.07, 6.45) is 5.72. The molecule has 1 nitrogen and oxygen atoms in total. The summed E-state index contributed by atoms with van der Waals surface area (Å²) >= 11 is 2.20. The third-order valence-electron chi connectivity index (χ3n) is 2.41. The summed E-state index contributed by atoms with van der Waals surface area (Å²) in [4.78, 5) is 0. The summed E-state index contributed by atoms with van der Waals surface area (Å²) in [5, 5.41) is 3.52. The molecule has 0 aromatic carbocycles. The van der Waals surface area contributed by atoms with E-state index in [1.165, 1.54) is 44.5 Å². The highest BCUT2D eigenvalue weighted by Crippen LogP contribution is 2.48. The molecular weight excluding hydrogens is 142 g/mol. The Morgan fingerprint density at radius 3 is 2.90 bits per heavy atom. The lowest BCUT2D eigenvalue weighted by Crippen LogP contribution is -2.29. The molecule has 0 atom stereocenters. The van der Waals surface area contributed by atoms with Crippen molar-refractivity contribution in [1.82, 2.24) is 5.32 Å². The van der Waals surface area contributed by atoms with E-state index in [1.807, 2.05) is 0 Å².